The fourth-order valence-electron chi connectivity index (χ4n) is 2.50. The van der Waals surface area contributed by atoms with Gasteiger partial charge in [0, 0.05) is 5.02 Å². The van der Waals surface area contributed by atoms with Crippen LogP contribution in [0.5, 0.6) is 0 Å². The van der Waals surface area contributed by atoms with Crippen molar-refractivity contribution in [2.45, 2.75) is 25.8 Å². The Morgan fingerprint density at radius 2 is 2.24 bits per heavy atom. The van der Waals surface area contributed by atoms with Gasteiger partial charge in [-0.3, -0.25) is 4.79 Å². The number of nitrogens with zero attached hydrogens (tertiary/aromatic N) is 2. The summed E-state index contributed by atoms with van der Waals surface area (Å²) in [5, 5.41) is 6.67. The quantitative estimate of drug-likeness (QED) is 0.792. The first kappa shape index (κ1) is 10.8. The summed E-state index contributed by atoms with van der Waals surface area (Å²) in [6.07, 6.45) is 3.02. The van der Waals surface area contributed by atoms with Crippen LogP contribution in [0.3, 0.4) is 0 Å². The number of carbonyl (C=O) groups excluding carboxylic acids is 1. The van der Waals surface area contributed by atoms with Crippen LogP contribution >= 0.6 is 11.6 Å². The molecule has 17 heavy (non-hydrogen) atoms. The van der Waals surface area contributed by atoms with Gasteiger partial charge in [-0.05, 0) is 30.9 Å². The number of fused-ring (bicyclic) bond motifs is 1. The minimum Gasteiger partial charge on any atom is -0.272 e. The predicted molar refractivity (Wildman–Crippen MR) is 66.8 cm³/mol. The van der Waals surface area contributed by atoms with Gasteiger partial charge in [0.05, 0.1) is 18.2 Å². The van der Waals surface area contributed by atoms with Crippen LogP contribution in [0.2, 0.25) is 5.02 Å². The molecule has 1 aromatic carbocycles. The second kappa shape index (κ2) is 4.15. The van der Waals surface area contributed by atoms with E-state index in [0.29, 0.717) is 11.6 Å². The fourth-order valence-corrected chi connectivity index (χ4v) is 2.69. The van der Waals surface area contributed by atoms with Crippen molar-refractivity contribution in [1.82, 2.24) is 5.01 Å². The van der Waals surface area contributed by atoms with E-state index < -0.39 is 0 Å². The highest BCUT2D eigenvalue weighted by Gasteiger charge is 2.38. The van der Waals surface area contributed by atoms with E-state index in [1.165, 1.54) is 0 Å². The predicted octanol–water partition coefficient (Wildman–Crippen LogP) is 2.84. The molecule has 0 spiro atoms. The Kier molecular flexibility index (Phi) is 2.63. The molecule has 4 heteroatoms. The van der Waals surface area contributed by atoms with E-state index in [2.05, 4.69) is 5.10 Å². The average molecular weight is 249 g/mol. The standard InChI is InChI=1S/C13H13ClN2O/c14-11-6-2-1-4-9(11)8-16-13(17)10-5-3-7-12(10)15-16/h1-2,4,6,10H,3,5,7-8H2. The maximum atomic E-state index is 12.1. The van der Waals surface area contributed by atoms with Gasteiger partial charge in [-0.15, -0.1) is 0 Å². The van der Waals surface area contributed by atoms with Crippen LogP contribution in [0.1, 0.15) is 24.8 Å². The molecule has 1 fully saturated rings. The number of hydrogen-bond acceptors (Lipinski definition) is 2. The highest BCUT2D eigenvalue weighted by Crippen LogP contribution is 2.31. The molecule has 1 aliphatic heterocycles. The van der Waals surface area contributed by atoms with Crippen LogP contribution < -0.4 is 0 Å². The Bertz CT molecular complexity index is 498. The summed E-state index contributed by atoms with van der Waals surface area (Å²) in [5.41, 5.74) is 2.01. The molecule has 0 bridgehead atoms. The molecule has 1 aromatic rings. The van der Waals surface area contributed by atoms with Gasteiger partial charge in [-0.25, -0.2) is 5.01 Å². The summed E-state index contributed by atoms with van der Waals surface area (Å²) >= 11 is 6.08. The molecular formula is C13H13ClN2O. The zero-order valence-corrected chi connectivity index (χ0v) is 10.2. The Morgan fingerprint density at radius 1 is 1.41 bits per heavy atom. The highest BCUT2D eigenvalue weighted by atomic mass is 35.5. The van der Waals surface area contributed by atoms with Crippen molar-refractivity contribution in [3.63, 3.8) is 0 Å². The van der Waals surface area contributed by atoms with Crippen molar-refractivity contribution in [3.8, 4) is 0 Å². The second-order valence-corrected chi connectivity index (χ2v) is 4.93. The zero-order valence-electron chi connectivity index (χ0n) is 9.40. The summed E-state index contributed by atoms with van der Waals surface area (Å²) in [6.45, 7) is 0.485. The average Bonchev–Trinajstić information content (AvgIpc) is 2.87. The fraction of sp³-hybridized carbons (Fsp3) is 0.385. The smallest absolute Gasteiger partial charge is 0.251 e. The summed E-state index contributed by atoms with van der Waals surface area (Å²) < 4.78 is 0. The van der Waals surface area contributed by atoms with Gasteiger partial charge in [-0.1, -0.05) is 29.8 Å². The summed E-state index contributed by atoms with van der Waals surface area (Å²) in [4.78, 5) is 12.1. The molecule has 0 radical (unpaired) electrons. The summed E-state index contributed by atoms with van der Waals surface area (Å²) in [7, 11) is 0. The van der Waals surface area contributed by atoms with Gasteiger partial charge in [0.2, 0.25) is 0 Å². The molecule has 1 unspecified atom stereocenters. The number of halogens is 1. The van der Waals surface area contributed by atoms with E-state index in [1.807, 2.05) is 24.3 Å². The van der Waals surface area contributed by atoms with Crippen molar-refractivity contribution in [1.29, 1.82) is 0 Å². The van der Waals surface area contributed by atoms with Crippen LogP contribution in [-0.4, -0.2) is 16.6 Å². The van der Waals surface area contributed by atoms with Crippen LogP contribution in [0.4, 0.5) is 0 Å². The molecule has 3 rings (SSSR count). The monoisotopic (exact) mass is 248 g/mol. The van der Waals surface area contributed by atoms with Gasteiger partial charge in [0.15, 0.2) is 0 Å². The van der Waals surface area contributed by atoms with Crippen LogP contribution in [0, 0.1) is 5.92 Å². The summed E-state index contributed by atoms with van der Waals surface area (Å²) in [6, 6.07) is 7.59. The van der Waals surface area contributed by atoms with Crippen molar-refractivity contribution in [2.75, 3.05) is 0 Å². The number of benzene rings is 1. The van der Waals surface area contributed by atoms with E-state index in [9.17, 15) is 4.79 Å². The van der Waals surface area contributed by atoms with Crippen molar-refractivity contribution in [2.24, 2.45) is 11.0 Å². The minimum absolute atomic E-state index is 0.0532. The minimum atomic E-state index is 0.0532. The van der Waals surface area contributed by atoms with Gasteiger partial charge < -0.3 is 0 Å². The van der Waals surface area contributed by atoms with Crippen molar-refractivity contribution < 1.29 is 4.79 Å². The van der Waals surface area contributed by atoms with Crippen LogP contribution in [0.15, 0.2) is 29.4 Å². The Morgan fingerprint density at radius 3 is 3.00 bits per heavy atom. The molecule has 0 saturated heterocycles. The van der Waals surface area contributed by atoms with Crippen LogP contribution in [0.25, 0.3) is 0 Å². The molecule has 1 amide bonds. The Labute approximate surface area is 105 Å². The molecule has 2 aliphatic rings. The largest absolute Gasteiger partial charge is 0.272 e. The van der Waals surface area contributed by atoms with E-state index in [-0.39, 0.29) is 11.8 Å². The molecule has 3 nitrogen and oxygen atoms in total. The van der Waals surface area contributed by atoms with Gasteiger partial charge >= 0.3 is 0 Å². The maximum absolute atomic E-state index is 12.1. The number of amides is 1. The van der Waals surface area contributed by atoms with E-state index in [4.69, 9.17) is 11.6 Å². The van der Waals surface area contributed by atoms with Crippen LogP contribution in [-0.2, 0) is 11.3 Å². The lowest BCUT2D eigenvalue weighted by molar-refractivity contribution is -0.132. The SMILES string of the molecule is O=C1C2CCCC2=NN1Cc1ccccc1Cl. The second-order valence-electron chi connectivity index (χ2n) is 4.52. The Balaban J connectivity index is 1.81. The molecule has 0 aromatic heterocycles. The number of carbonyl (C=O) groups is 1. The lowest BCUT2D eigenvalue weighted by Gasteiger charge is -2.14. The Hall–Kier alpha value is -1.35. The lowest BCUT2D eigenvalue weighted by atomic mass is 10.1. The number of hydrogen-bond donors (Lipinski definition) is 0. The molecule has 1 heterocycles. The van der Waals surface area contributed by atoms with Gasteiger partial charge in [0.25, 0.3) is 5.91 Å². The first-order chi connectivity index (χ1) is 8.25. The van der Waals surface area contributed by atoms with E-state index in [1.54, 1.807) is 5.01 Å². The maximum Gasteiger partial charge on any atom is 0.251 e. The molecular weight excluding hydrogens is 236 g/mol. The summed E-state index contributed by atoms with van der Waals surface area (Å²) in [5.74, 6) is 0.190. The van der Waals surface area contributed by atoms with Gasteiger partial charge in [-0.2, -0.15) is 5.10 Å². The molecule has 0 N–H and O–H groups in total. The third kappa shape index (κ3) is 1.84. The molecule has 1 saturated carbocycles. The lowest BCUT2D eigenvalue weighted by Crippen LogP contribution is -2.25. The normalized spacial score (nSPS) is 22.9. The third-order valence-corrected chi connectivity index (χ3v) is 3.78. The van der Waals surface area contributed by atoms with E-state index in [0.717, 1.165) is 30.5 Å². The molecule has 88 valence electrons. The number of hydrazone groups is 1. The van der Waals surface area contributed by atoms with Crippen molar-refractivity contribution >= 4 is 23.2 Å². The molecule has 1 aliphatic carbocycles. The first-order valence-electron chi connectivity index (χ1n) is 5.88. The number of rotatable bonds is 2. The first-order valence-corrected chi connectivity index (χ1v) is 6.25. The third-order valence-electron chi connectivity index (χ3n) is 3.41. The van der Waals surface area contributed by atoms with Gasteiger partial charge in [0.1, 0.15) is 0 Å². The molecule has 1 atom stereocenters. The van der Waals surface area contributed by atoms with Crippen molar-refractivity contribution in [3.05, 3.63) is 34.9 Å². The zero-order chi connectivity index (χ0) is 11.8. The highest BCUT2D eigenvalue weighted by molar-refractivity contribution is 6.31. The van der Waals surface area contributed by atoms with E-state index >= 15 is 0 Å². The topological polar surface area (TPSA) is 32.7 Å².